The minimum Gasteiger partial charge on any atom is -0.350 e. The van der Waals surface area contributed by atoms with Crippen molar-refractivity contribution in [1.82, 2.24) is 19.7 Å². The van der Waals surface area contributed by atoms with Gasteiger partial charge in [-0.3, -0.25) is 10.1 Å². The summed E-state index contributed by atoms with van der Waals surface area (Å²) in [5.41, 5.74) is 1.79. The van der Waals surface area contributed by atoms with Crippen LogP contribution in [-0.4, -0.2) is 24.7 Å². The van der Waals surface area contributed by atoms with E-state index in [2.05, 4.69) is 20.4 Å². The second-order valence-electron chi connectivity index (χ2n) is 4.50. The van der Waals surface area contributed by atoms with E-state index in [0.717, 1.165) is 11.3 Å². The highest BCUT2D eigenvalue weighted by Crippen LogP contribution is 2.11. The minimum atomic E-state index is -0.534. The number of nitrogens with one attached hydrogen (secondary N) is 1. The summed E-state index contributed by atoms with van der Waals surface area (Å²) in [4.78, 5) is 17.8. The van der Waals surface area contributed by atoms with Crippen LogP contribution in [0.1, 0.15) is 5.56 Å². The van der Waals surface area contributed by atoms with Crippen molar-refractivity contribution in [1.29, 1.82) is 0 Å². The van der Waals surface area contributed by atoms with Crippen molar-refractivity contribution in [2.75, 3.05) is 5.32 Å². The molecule has 3 rings (SSSR count). The maximum Gasteiger partial charge on any atom is 0.305 e. The van der Waals surface area contributed by atoms with E-state index < -0.39 is 4.92 Å². The molecular weight excluding hydrogens is 284 g/mol. The zero-order chi connectivity index (χ0) is 15.4. The van der Waals surface area contributed by atoms with Crippen molar-refractivity contribution >= 4 is 11.6 Å². The van der Waals surface area contributed by atoms with Gasteiger partial charge < -0.3 is 5.32 Å². The molecule has 0 aliphatic heterocycles. The lowest BCUT2D eigenvalue weighted by Crippen LogP contribution is -2.03. The van der Waals surface area contributed by atoms with Crippen LogP contribution in [0.3, 0.4) is 0 Å². The van der Waals surface area contributed by atoms with Crippen LogP contribution < -0.4 is 5.32 Å². The van der Waals surface area contributed by atoms with E-state index in [9.17, 15) is 10.1 Å². The van der Waals surface area contributed by atoms with Gasteiger partial charge in [-0.15, -0.1) is 0 Å². The maximum absolute atomic E-state index is 10.5. The second kappa shape index (κ2) is 6.00. The molecule has 0 fully saturated rings. The van der Waals surface area contributed by atoms with Gasteiger partial charge >= 0.3 is 5.69 Å². The maximum atomic E-state index is 10.5. The molecule has 2 aromatic heterocycles. The molecule has 0 saturated carbocycles. The fourth-order valence-electron chi connectivity index (χ4n) is 1.86. The molecule has 3 aromatic rings. The molecule has 0 spiro atoms. The number of benzene rings is 1. The third-order valence-corrected chi connectivity index (χ3v) is 2.96. The topological polar surface area (TPSA) is 98.8 Å². The fourth-order valence-corrected chi connectivity index (χ4v) is 1.86. The normalized spacial score (nSPS) is 10.4. The summed E-state index contributed by atoms with van der Waals surface area (Å²) < 4.78 is 1.77. The largest absolute Gasteiger partial charge is 0.350 e. The summed E-state index contributed by atoms with van der Waals surface area (Å²) in [5, 5.41) is 17.8. The first-order valence-corrected chi connectivity index (χ1v) is 6.51. The van der Waals surface area contributed by atoms with Gasteiger partial charge in [0.25, 0.3) is 0 Å². The fraction of sp³-hybridized carbons (Fsp3) is 0.0714. The van der Waals surface area contributed by atoms with Crippen molar-refractivity contribution in [3.8, 4) is 5.69 Å². The Kier molecular flexibility index (Phi) is 3.73. The zero-order valence-corrected chi connectivity index (χ0v) is 11.5. The average Bonchev–Trinajstić information content (AvgIpc) is 3.03. The van der Waals surface area contributed by atoms with Crippen molar-refractivity contribution < 1.29 is 4.92 Å². The number of aromatic nitrogens is 4. The van der Waals surface area contributed by atoms with Crippen LogP contribution in [0.5, 0.6) is 0 Å². The first kappa shape index (κ1) is 13.7. The predicted octanol–water partition coefficient (Wildman–Crippen LogP) is 2.18. The number of hydrogen-bond acceptors (Lipinski definition) is 6. The van der Waals surface area contributed by atoms with Gasteiger partial charge in [0.05, 0.1) is 16.8 Å². The lowest BCUT2D eigenvalue weighted by atomic mass is 10.3. The first-order valence-electron chi connectivity index (χ1n) is 6.51. The van der Waals surface area contributed by atoms with Crippen LogP contribution in [0.15, 0.2) is 55.1 Å². The zero-order valence-electron chi connectivity index (χ0n) is 11.5. The Bertz CT molecular complexity index is 770. The third-order valence-electron chi connectivity index (χ3n) is 2.96. The van der Waals surface area contributed by atoms with Crippen molar-refractivity contribution in [2.45, 2.75) is 6.54 Å². The van der Waals surface area contributed by atoms with Gasteiger partial charge in [0, 0.05) is 18.3 Å². The monoisotopic (exact) mass is 296 g/mol. The number of hydrogen-bond donors (Lipinski definition) is 1. The molecule has 2 heterocycles. The summed E-state index contributed by atoms with van der Waals surface area (Å²) in [6, 6.07) is 9.76. The summed E-state index contributed by atoms with van der Waals surface area (Å²) in [6.07, 6.45) is 5.98. The first-order chi connectivity index (χ1) is 10.7. The van der Waals surface area contributed by atoms with E-state index in [1.807, 2.05) is 36.5 Å². The standard InChI is InChI=1S/C14H12N6O2/c21-20(22)13-8-16-14(17-9-13)15-6-11-7-18-19(10-11)12-4-2-1-3-5-12/h1-5,7-10H,6H2,(H,15,16,17). The molecule has 1 N–H and O–H groups in total. The van der Waals surface area contributed by atoms with Gasteiger partial charge in [0.15, 0.2) is 0 Å². The Morgan fingerprint density at radius 3 is 2.55 bits per heavy atom. The molecule has 0 amide bonds. The highest BCUT2D eigenvalue weighted by molar-refractivity contribution is 5.33. The molecule has 0 radical (unpaired) electrons. The van der Waals surface area contributed by atoms with E-state index in [4.69, 9.17) is 0 Å². The Morgan fingerprint density at radius 1 is 1.14 bits per heavy atom. The Morgan fingerprint density at radius 2 is 1.86 bits per heavy atom. The van der Waals surface area contributed by atoms with Crippen LogP contribution in [0.2, 0.25) is 0 Å². The quantitative estimate of drug-likeness (QED) is 0.572. The smallest absolute Gasteiger partial charge is 0.305 e. The van der Waals surface area contributed by atoms with Crippen molar-refractivity contribution in [3.63, 3.8) is 0 Å². The highest BCUT2D eigenvalue weighted by atomic mass is 16.6. The average molecular weight is 296 g/mol. The molecule has 22 heavy (non-hydrogen) atoms. The molecule has 0 bridgehead atoms. The summed E-state index contributed by atoms with van der Waals surface area (Å²) in [6.45, 7) is 0.477. The van der Waals surface area contributed by atoms with Gasteiger partial charge in [-0.1, -0.05) is 18.2 Å². The van der Waals surface area contributed by atoms with E-state index >= 15 is 0 Å². The molecule has 8 heteroatoms. The SMILES string of the molecule is O=[N+]([O-])c1cnc(NCc2cnn(-c3ccccc3)c2)nc1. The van der Waals surface area contributed by atoms with Gasteiger partial charge in [-0.25, -0.2) is 14.6 Å². The minimum absolute atomic E-state index is 0.137. The summed E-state index contributed by atoms with van der Waals surface area (Å²) >= 11 is 0. The van der Waals surface area contributed by atoms with E-state index in [-0.39, 0.29) is 5.69 Å². The van der Waals surface area contributed by atoms with Crippen LogP contribution >= 0.6 is 0 Å². The van der Waals surface area contributed by atoms with Crippen LogP contribution in [0, 0.1) is 10.1 Å². The number of anilines is 1. The second-order valence-corrected chi connectivity index (χ2v) is 4.50. The van der Waals surface area contributed by atoms with E-state index in [0.29, 0.717) is 12.5 Å². The molecule has 0 aliphatic rings. The van der Waals surface area contributed by atoms with Gasteiger partial charge in [0.2, 0.25) is 5.95 Å². The lowest BCUT2D eigenvalue weighted by molar-refractivity contribution is -0.385. The van der Waals surface area contributed by atoms with E-state index in [1.54, 1.807) is 10.9 Å². The number of nitro groups is 1. The molecule has 8 nitrogen and oxygen atoms in total. The summed E-state index contributed by atoms with van der Waals surface area (Å²) in [7, 11) is 0. The molecule has 0 saturated heterocycles. The van der Waals surface area contributed by atoms with Crippen LogP contribution in [0.25, 0.3) is 5.69 Å². The Balaban J connectivity index is 1.65. The van der Waals surface area contributed by atoms with Gasteiger partial charge in [0.1, 0.15) is 12.4 Å². The molecule has 110 valence electrons. The van der Waals surface area contributed by atoms with Crippen LogP contribution in [0.4, 0.5) is 11.6 Å². The van der Waals surface area contributed by atoms with Crippen LogP contribution in [-0.2, 0) is 6.54 Å². The highest BCUT2D eigenvalue weighted by Gasteiger charge is 2.07. The van der Waals surface area contributed by atoms with Crippen molar-refractivity contribution in [2.24, 2.45) is 0 Å². The number of rotatable bonds is 5. The molecule has 0 unspecified atom stereocenters. The Hall–Kier alpha value is -3.29. The number of para-hydroxylation sites is 1. The molecule has 0 atom stereocenters. The van der Waals surface area contributed by atoms with Gasteiger partial charge in [-0.05, 0) is 12.1 Å². The number of nitrogens with zero attached hydrogens (tertiary/aromatic N) is 5. The Labute approximate surface area is 125 Å². The molecule has 0 aliphatic carbocycles. The molecule has 1 aromatic carbocycles. The van der Waals surface area contributed by atoms with Crippen molar-refractivity contribution in [3.05, 3.63) is 70.8 Å². The third kappa shape index (κ3) is 3.06. The summed E-state index contributed by atoms with van der Waals surface area (Å²) in [5.74, 6) is 0.332. The predicted molar refractivity (Wildman–Crippen MR) is 79.6 cm³/mol. The van der Waals surface area contributed by atoms with E-state index in [1.165, 1.54) is 12.4 Å². The molecular formula is C14H12N6O2. The lowest BCUT2D eigenvalue weighted by Gasteiger charge is -2.02. The van der Waals surface area contributed by atoms with Gasteiger partial charge in [-0.2, -0.15) is 5.10 Å².